The van der Waals surface area contributed by atoms with Crippen LogP contribution in [0, 0.1) is 6.92 Å². The van der Waals surface area contributed by atoms with E-state index >= 15 is 0 Å². The van der Waals surface area contributed by atoms with Crippen molar-refractivity contribution in [3.8, 4) is 0 Å². The van der Waals surface area contributed by atoms with Crippen LogP contribution in [0.25, 0.3) is 0 Å². The van der Waals surface area contributed by atoms with Crippen molar-refractivity contribution in [2.24, 2.45) is 7.05 Å². The van der Waals surface area contributed by atoms with E-state index in [2.05, 4.69) is 10.1 Å². The molecule has 2 rings (SSSR count). The second-order valence-corrected chi connectivity index (χ2v) is 4.28. The number of anilines is 1. The first-order valence-electron chi connectivity index (χ1n) is 5.72. The van der Waals surface area contributed by atoms with E-state index in [1.807, 2.05) is 44.2 Å². The normalized spacial score (nSPS) is 10.4. The number of aryl methyl sites for hydroxylation is 2. The third-order valence-corrected chi connectivity index (χ3v) is 2.86. The fourth-order valence-corrected chi connectivity index (χ4v) is 2.09. The van der Waals surface area contributed by atoms with Gasteiger partial charge in [0, 0.05) is 33.0 Å². The lowest BCUT2D eigenvalue weighted by molar-refractivity contribution is 0.112. The summed E-state index contributed by atoms with van der Waals surface area (Å²) in [5.74, 6) is 0.825. The van der Waals surface area contributed by atoms with Crippen molar-refractivity contribution in [2.45, 2.75) is 13.5 Å². The molecule has 0 bridgehead atoms. The Kier molecular flexibility index (Phi) is 3.41. The Balaban J connectivity index is 2.29. The molecule has 0 aromatic carbocycles. The van der Waals surface area contributed by atoms with Crippen molar-refractivity contribution >= 4 is 12.1 Å². The molecule has 5 heteroatoms. The van der Waals surface area contributed by atoms with Crippen molar-refractivity contribution in [2.75, 3.05) is 11.9 Å². The largest absolute Gasteiger partial charge is 0.355 e. The third-order valence-electron chi connectivity index (χ3n) is 2.86. The molecule has 18 heavy (non-hydrogen) atoms. The van der Waals surface area contributed by atoms with Crippen molar-refractivity contribution in [1.29, 1.82) is 0 Å². The molecule has 2 aromatic rings. The molecule has 0 fully saturated rings. The molecule has 0 spiro atoms. The molecule has 94 valence electrons. The number of nitrogens with zero attached hydrogens (tertiary/aromatic N) is 4. The van der Waals surface area contributed by atoms with Gasteiger partial charge >= 0.3 is 0 Å². The first-order chi connectivity index (χ1) is 8.63. The number of hydrogen-bond acceptors (Lipinski definition) is 4. The summed E-state index contributed by atoms with van der Waals surface area (Å²) < 4.78 is 1.73. The van der Waals surface area contributed by atoms with Crippen LogP contribution in [0.4, 0.5) is 5.82 Å². The Bertz CT molecular complexity index is 548. The highest BCUT2D eigenvalue weighted by Crippen LogP contribution is 2.21. The SMILES string of the molecule is Cc1nn(C)c(N(C)Cc2cccnc2)c1C=O. The van der Waals surface area contributed by atoms with Gasteiger partial charge < -0.3 is 4.90 Å². The van der Waals surface area contributed by atoms with E-state index in [1.165, 1.54) is 0 Å². The van der Waals surface area contributed by atoms with Gasteiger partial charge in [0.2, 0.25) is 0 Å². The molecule has 0 saturated carbocycles. The average Bonchev–Trinajstić information content (AvgIpc) is 2.64. The zero-order chi connectivity index (χ0) is 13.1. The maximum atomic E-state index is 11.1. The highest BCUT2D eigenvalue weighted by atomic mass is 16.1. The van der Waals surface area contributed by atoms with Gasteiger partial charge in [0.25, 0.3) is 0 Å². The summed E-state index contributed by atoms with van der Waals surface area (Å²) >= 11 is 0. The molecule has 0 aliphatic rings. The van der Waals surface area contributed by atoms with Crippen LogP contribution in [0.15, 0.2) is 24.5 Å². The van der Waals surface area contributed by atoms with Gasteiger partial charge in [-0.15, -0.1) is 0 Å². The monoisotopic (exact) mass is 244 g/mol. The van der Waals surface area contributed by atoms with Crippen molar-refractivity contribution < 1.29 is 4.79 Å². The molecular formula is C13H16N4O. The Morgan fingerprint density at radius 2 is 2.28 bits per heavy atom. The smallest absolute Gasteiger partial charge is 0.155 e. The van der Waals surface area contributed by atoms with Crippen LogP contribution in [-0.2, 0) is 13.6 Å². The Labute approximate surface area is 106 Å². The number of hydrogen-bond donors (Lipinski definition) is 0. The van der Waals surface area contributed by atoms with Crippen LogP contribution in [-0.4, -0.2) is 28.1 Å². The average molecular weight is 244 g/mol. The number of rotatable bonds is 4. The quantitative estimate of drug-likeness (QED) is 0.766. The first-order valence-corrected chi connectivity index (χ1v) is 5.72. The van der Waals surface area contributed by atoms with E-state index in [0.717, 1.165) is 23.4 Å². The maximum absolute atomic E-state index is 11.1. The number of carbonyl (C=O) groups is 1. The van der Waals surface area contributed by atoms with Gasteiger partial charge in [-0.25, -0.2) is 0 Å². The van der Waals surface area contributed by atoms with Crippen LogP contribution in [0.2, 0.25) is 0 Å². The minimum absolute atomic E-state index is 0.642. The van der Waals surface area contributed by atoms with E-state index in [1.54, 1.807) is 10.9 Å². The molecule has 2 aromatic heterocycles. The number of carbonyl (C=O) groups excluding carboxylic acids is 1. The minimum Gasteiger partial charge on any atom is -0.355 e. The molecule has 5 nitrogen and oxygen atoms in total. The second-order valence-electron chi connectivity index (χ2n) is 4.28. The predicted molar refractivity (Wildman–Crippen MR) is 69.7 cm³/mol. The molecule has 0 amide bonds. The van der Waals surface area contributed by atoms with E-state index in [-0.39, 0.29) is 0 Å². The molecule has 2 heterocycles. The lowest BCUT2D eigenvalue weighted by Gasteiger charge is -2.19. The highest BCUT2D eigenvalue weighted by molar-refractivity contribution is 5.84. The maximum Gasteiger partial charge on any atom is 0.155 e. The van der Waals surface area contributed by atoms with E-state index < -0.39 is 0 Å². The number of aromatic nitrogens is 3. The lowest BCUT2D eigenvalue weighted by Crippen LogP contribution is -2.20. The topological polar surface area (TPSA) is 51.0 Å². The second kappa shape index (κ2) is 5.00. The van der Waals surface area contributed by atoms with Crippen LogP contribution in [0.5, 0.6) is 0 Å². The Morgan fingerprint density at radius 3 is 2.89 bits per heavy atom. The molecule has 0 N–H and O–H groups in total. The summed E-state index contributed by atoms with van der Waals surface area (Å²) in [6.45, 7) is 2.53. The Morgan fingerprint density at radius 1 is 1.50 bits per heavy atom. The fraction of sp³-hybridized carbons (Fsp3) is 0.308. The Hall–Kier alpha value is -2.17. The van der Waals surface area contributed by atoms with Crippen molar-refractivity contribution in [3.63, 3.8) is 0 Å². The van der Waals surface area contributed by atoms with Crippen molar-refractivity contribution in [3.05, 3.63) is 41.3 Å². The van der Waals surface area contributed by atoms with Crippen LogP contribution in [0.3, 0.4) is 0 Å². The van der Waals surface area contributed by atoms with Gasteiger partial charge in [0.05, 0.1) is 11.3 Å². The van der Waals surface area contributed by atoms with E-state index in [4.69, 9.17) is 0 Å². The lowest BCUT2D eigenvalue weighted by atomic mass is 10.2. The zero-order valence-electron chi connectivity index (χ0n) is 10.8. The van der Waals surface area contributed by atoms with Gasteiger partial charge in [-0.1, -0.05) is 6.07 Å². The molecule has 0 aliphatic heterocycles. The van der Waals surface area contributed by atoms with Crippen LogP contribution >= 0.6 is 0 Å². The van der Waals surface area contributed by atoms with E-state index in [0.29, 0.717) is 12.1 Å². The molecule has 0 unspecified atom stereocenters. The third kappa shape index (κ3) is 2.25. The number of pyridine rings is 1. The predicted octanol–water partition coefficient (Wildman–Crippen LogP) is 1.57. The van der Waals surface area contributed by atoms with Gasteiger partial charge in [0.1, 0.15) is 5.82 Å². The van der Waals surface area contributed by atoms with Crippen LogP contribution < -0.4 is 4.90 Å². The molecular weight excluding hydrogens is 228 g/mol. The fourth-order valence-electron chi connectivity index (χ4n) is 2.09. The van der Waals surface area contributed by atoms with Gasteiger partial charge in [-0.2, -0.15) is 5.10 Å². The molecule has 0 atom stereocenters. The summed E-state index contributed by atoms with van der Waals surface area (Å²) in [6, 6.07) is 3.91. The van der Waals surface area contributed by atoms with Gasteiger partial charge in [0.15, 0.2) is 6.29 Å². The van der Waals surface area contributed by atoms with Crippen LogP contribution in [0.1, 0.15) is 21.6 Å². The molecule has 0 radical (unpaired) electrons. The first kappa shape index (κ1) is 12.3. The standard InChI is InChI=1S/C13H16N4O/c1-10-12(9-18)13(17(3)15-10)16(2)8-11-5-4-6-14-7-11/h4-7,9H,8H2,1-3H3. The summed E-state index contributed by atoms with van der Waals surface area (Å²) in [5, 5.41) is 4.27. The number of aldehydes is 1. The molecule has 0 aliphatic carbocycles. The van der Waals surface area contributed by atoms with E-state index in [9.17, 15) is 4.79 Å². The summed E-state index contributed by atoms with van der Waals surface area (Å²) in [5.41, 5.74) is 2.49. The highest BCUT2D eigenvalue weighted by Gasteiger charge is 2.16. The van der Waals surface area contributed by atoms with Crippen molar-refractivity contribution in [1.82, 2.24) is 14.8 Å². The summed E-state index contributed by atoms with van der Waals surface area (Å²) in [7, 11) is 3.78. The molecule has 0 saturated heterocycles. The summed E-state index contributed by atoms with van der Waals surface area (Å²) in [6.07, 6.45) is 4.42. The zero-order valence-corrected chi connectivity index (χ0v) is 10.8. The minimum atomic E-state index is 0.642. The van der Waals surface area contributed by atoms with Gasteiger partial charge in [-0.3, -0.25) is 14.5 Å². The van der Waals surface area contributed by atoms with Gasteiger partial charge in [-0.05, 0) is 18.6 Å². The summed E-state index contributed by atoms with van der Waals surface area (Å²) in [4.78, 5) is 17.2.